The van der Waals surface area contributed by atoms with Gasteiger partial charge in [0.1, 0.15) is 0 Å². The molecule has 0 radical (unpaired) electrons. The Balaban J connectivity index is 2.91. The van der Waals surface area contributed by atoms with Crippen LogP contribution in [0.5, 0.6) is 0 Å². The second-order valence-corrected chi connectivity index (χ2v) is 4.44. The topological polar surface area (TPSA) is 32.3 Å². The number of carbonyl (C=O) groups excluding carboxylic acids is 1. The SMILES string of the molecule is CCCN(CC)C(=O)c1ccc(NCC)cc1C. The molecule has 0 fully saturated rings. The fourth-order valence-electron chi connectivity index (χ4n) is 2.06. The van der Waals surface area contributed by atoms with Crippen LogP contribution in [-0.4, -0.2) is 30.4 Å². The van der Waals surface area contributed by atoms with E-state index >= 15 is 0 Å². The van der Waals surface area contributed by atoms with Crippen LogP contribution in [-0.2, 0) is 0 Å². The van der Waals surface area contributed by atoms with Crippen LogP contribution in [0.25, 0.3) is 0 Å². The van der Waals surface area contributed by atoms with Crippen LogP contribution in [0.1, 0.15) is 43.1 Å². The molecule has 0 aliphatic heterocycles. The summed E-state index contributed by atoms with van der Waals surface area (Å²) in [6, 6.07) is 5.94. The highest BCUT2D eigenvalue weighted by Gasteiger charge is 2.15. The van der Waals surface area contributed by atoms with Crippen molar-refractivity contribution in [3.05, 3.63) is 29.3 Å². The standard InChI is InChI=1S/C15H24N2O/c1-5-10-17(7-3)15(18)14-9-8-13(16-6-2)11-12(14)4/h8-9,11,16H,5-7,10H2,1-4H3. The van der Waals surface area contributed by atoms with Gasteiger partial charge in [0.15, 0.2) is 0 Å². The first-order valence-electron chi connectivity index (χ1n) is 6.77. The molecule has 0 aromatic heterocycles. The summed E-state index contributed by atoms with van der Waals surface area (Å²) in [6.45, 7) is 10.7. The number of amides is 1. The largest absolute Gasteiger partial charge is 0.385 e. The van der Waals surface area contributed by atoms with Crippen LogP contribution in [0.2, 0.25) is 0 Å². The van der Waals surface area contributed by atoms with E-state index in [1.54, 1.807) is 0 Å². The second-order valence-electron chi connectivity index (χ2n) is 4.44. The Kier molecular flexibility index (Phi) is 5.69. The fourth-order valence-corrected chi connectivity index (χ4v) is 2.06. The van der Waals surface area contributed by atoms with Crippen LogP contribution < -0.4 is 5.32 Å². The normalized spacial score (nSPS) is 10.2. The summed E-state index contributed by atoms with van der Waals surface area (Å²) in [4.78, 5) is 14.3. The van der Waals surface area contributed by atoms with Gasteiger partial charge < -0.3 is 10.2 Å². The lowest BCUT2D eigenvalue weighted by Crippen LogP contribution is -2.32. The van der Waals surface area contributed by atoms with Crippen molar-refractivity contribution in [3.8, 4) is 0 Å². The first kappa shape index (κ1) is 14.6. The predicted octanol–water partition coefficient (Wildman–Crippen LogP) is 3.30. The molecule has 1 amide bonds. The maximum absolute atomic E-state index is 12.4. The molecule has 100 valence electrons. The lowest BCUT2D eigenvalue weighted by molar-refractivity contribution is 0.0764. The third-order valence-electron chi connectivity index (χ3n) is 3.00. The molecular weight excluding hydrogens is 224 g/mol. The summed E-state index contributed by atoms with van der Waals surface area (Å²) < 4.78 is 0. The van der Waals surface area contributed by atoms with Crippen LogP contribution >= 0.6 is 0 Å². The van der Waals surface area contributed by atoms with E-state index in [-0.39, 0.29) is 5.91 Å². The number of nitrogens with one attached hydrogen (secondary N) is 1. The molecule has 0 saturated carbocycles. The lowest BCUT2D eigenvalue weighted by Gasteiger charge is -2.21. The third-order valence-corrected chi connectivity index (χ3v) is 3.00. The summed E-state index contributed by atoms with van der Waals surface area (Å²) >= 11 is 0. The zero-order valence-electron chi connectivity index (χ0n) is 11.9. The minimum absolute atomic E-state index is 0.139. The molecule has 3 nitrogen and oxygen atoms in total. The molecule has 0 heterocycles. The molecule has 1 rings (SSSR count). The minimum Gasteiger partial charge on any atom is -0.385 e. The van der Waals surface area contributed by atoms with Gasteiger partial charge in [-0.15, -0.1) is 0 Å². The maximum atomic E-state index is 12.4. The van der Waals surface area contributed by atoms with Gasteiger partial charge in [-0.2, -0.15) is 0 Å². The zero-order chi connectivity index (χ0) is 13.5. The maximum Gasteiger partial charge on any atom is 0.254 e. The Morgan fingerprint density at radius 2 is 2.00 bits per heavy atom. The lowest BCUT2D eigenvalue weighted by atomic mass is 10.1. The number of carbonyl (C=O) groups is 1. The number of benzene rings is 1. The van der Waals surface area contributed by atoms with E-state index in [1.165, 1.54) is 0 Å². The molecule has 1 N–H and O–H groups in total. The molecule has 0 unspecified atom stereocenters. The quantitative estimate of drug-likeness (QED) is 0.837. The van der Waals surface area contributed by atoms with E-state index in [0.29, 0.717) is 0 Å². The highest BCUT2D eigenvalue weighted by Crippen LogP contribution is 2.17. The molecule has 0 atom stereocenters. The van der Waals surface area contributed by atoms with Gasteiger partial charge >= 0.3 is 0 Å². The molecular formula is C15H24N2O. The number of rotatable bonds is 6. The summed E-state index contributed by atoms with van der Waals surface area (Å²) in [5.74, 6) is 0.139. The smallest absolute Gasteiger partial charge is 0.254 e. The van der Waals surface area contributed by atoms with E-state index in [4.69, 9.17) is 0 Å². The Labute approximate surface area is 110 Å². The van der Waals surface area contributed by atoms with Crippen molar-refractivity contribution in [3.63, 3.8) is 0 Å². The first-order valence-corrected chi connectivity index (χ1v) is 6.77. The van der Waals surface area contributed by atoms with Crippen molar-refractivity contribution in [2.75, 3.05) is 25.0 Å². The Morgan fingerprint density at radius 1 is 1.28 bits per heavy atom. The van der Waals surface area contributed by atoms with Crippen molar-refractivity contribution in [2.24, 2.45) is 0 Å². The average Bonchev–Trinajstić information content (AvgIpc) is 2.36. The van der Waals surface area contributed by atoms with Crippen molar-refractivity contribution in [1.29, 1.82) is 0 Å². The van der Waals surface area contributed by atoms with Crippen molar-refractivity contribution in [2.45, 2.75) is 34.1 Å². The van der Waals surface area contributed by atoms with E-state index in [2.05, 4.69) is 19.2 Å². The number of aryl methyl sites for hydroxylation is 1. The Hall–Kier alpha value is -1.51. The van der Waals surface area contributed by atoms with E-state index in [9.17, 15) is 4.79 Å². The molecule has 0 spiro atoms. The third kappa shape index (κ3) is 3.49. The molecule has 0 aliphatic carbocycles. The van der Waals surface area contributed by atoms with Gasteiger partial charge in [-0.05, 0) is 51.0 Å². The molecule has 18 heavy (non-hydrogen) atoms. The summed E-state index contributed by atoms with van der Waals surface area (Å²) in [6.07, 6.45) is 0.994. The Bertz CT molecular complexity index is 401. The molecule has 0 bridgehead atoms. The monoisotopic (exact) mass is 248 g/mol. The van der Waals surface area contributed by atoms with Crippen LogP contribution in [0.4, 0.5) is 5.69 Å². The van der Waals surface area contributed by atoms with Gasteiger partial charge in [0.2, 0.25) is 0 Å². The van der Waals surface area contributed by atoms with Crippen LogP contribution in [0.3, 0.4) is 0 Å². The van der Waals surface area contributed by atoms with Gasteiger partial charge in [0, 0.05) is 30.9 Å². The number of nitrogens with zero attached hydrogens (tertiary/aromatic N) is 1. The van der Waals surface area contributed by atoms with E-state index in [0.717, 1.165) is 42.9 Å². The molecule has 3 heteroatoms. The highest BCUT2D eigenvalue weighted by atomic mass is 16.2. The number of hydrogen-bond donors (Lipinski definition) is 1. The zero-order valence-corrected chi connectivity index (χ0v) is 11.9. The highest BCUT2D eigenvalue weighted by molar-refractivity contribution is 5.96. The van der Waals surface area contributed by atoms with Crippen molar-refractivity contribution < 1.29 is 4.79 Å². The fraction of sp³-hybridized carbons (Fsp3) is 0.533. The van der Waals surface area contributed by atoms with Gasteiger partial charge in [-0.1, -0.05) is 6.92 Å². The average molecular weight is 248 g/mol. The van der Waals surface area contributed by atoms with Gasteiger partial charge in [0.25, 0.3) is 5.91 Å². The summed E-state index contributed by atoms with van der Waals surface area (Å²) in [5, 5.41) is 3.26. The Morgan fingerprint density at radius 3 is 2.50 bits per heavy atom. The van der Waals surface area contributed by atoms with E-state index < -0.39 is 0 Å². The van der Waals surface area contributed by atoms with Crippen molar-refractivity contribution >= 4 is 11.6 Å². The predicted molar refractivity (Wildman–Crippen MR) is 77.2 cm³/mol. The molecule has 0 saturated heterocycles. The molecule has 1 aromatic carbocycles. The second kappa shape index (κ2) is 7.04. The van der Waals surface area contributed by atoms with Gasteiger partial charge in [-0.25, -0.2) is 0 Å². The summed E-state index contributed by atoms with van der Waals surface area (Å²) in [5.41, 5.74) is 2.92. The number of hydrogen-bond acceptors (Lipinski definition) is 2. The molecule has 1 aromatic rings. The summed E-state index contributed by atoms with van der Waals surface area (Å²) in [7, 11) is 0. The van der Waals surface area contributed by atoms with Gasteiger partial charge in [-0.3, -0.25) is 4.79 Å². The minimum atomic E-state index is 0.139. The van der Waals surface area contributed by atoms with Crippen LogP contribution in [0, 0.1) is 6.92 Å². The van der Waals surface area contributed by atoms with E-state index in [1.807, 2.05) is 36.9 Å². The molecule has 0 aliphatic rings. The van der Waals surface area contributed by atoms with Crippen LogP contribution in [0.15, 0.2) is 18.2 Å². The van der Waals surface area contributed by atoms with Gasteiger partial charge in [0.05, 0.1) is 0 Å². The first-order chi connectivity index (χ1) is 8.63. The number of anilines is 1. The van der Waals surface area contributed by atoms with Crippen molar-refractivity contribution in [1.82, 2.24) is 4.90 Å².